The van der Waals surface area contributed by atoms with Gasteiger partial charge in [-0.15, -0.1) is 0 Å². The zero-order chi connectivity index (χ0) is 14.1. The van der Waals surface area contributed by atoms with E-state index >= 15 is 0 Å². The lowest BCUT2D eigenvalue weighted by Gasteiger charge is -2.44. The summed E-state index contributed by atoms with van der Waals surface area (Å²) in [5.74, 6) is 1.31. The summed E-state index contributed by atoms with van der Waals surface area (Å²) in [5, 5.41) is 3.19. The summed E-state index contributed by atoms with van der Waals surface area (Å²) in [5.41, 5.74) is 0.640. The number of piperidine rings is 3. The Morgan fingerprint density at radius 1 is 1.40 bits per heavy atom. The summed E-state index contributed by atoms with van der Waals surface area (Å²) in [7, 11) is 1.61. The molecule has 20 heavy (non-hydrogen) atoms. The third-order valence-corrected chi connectivity index (χ3v) is 5.08. The molecule has 5 heteroatoms. The monoisotopic (exact) mass is 338 g/mol. The van der Waals surface area contributed by atoms with Crippen molar-refractivity contribution in [2.75, 3.05) is 26.7 Å². The summed E-state index contributed by atoms with van der Waals surface area (Å²) in [6.07, 6.45) is 2.40. The first-order valence-corrected chi connectivity index (χ1v) is 7.83. The summed E-state index contributed by atoms with van der Waals surface area (Å²) in [4.78, 5) is 14.9. The van der Waals surface area contributed by atoms with Crippen molar-refractivity contribution in [2.45, 2.75) is 18.9 Å². The van der Waals surface area contributed by atoms with Crippen LogP contribution in [0.3, 0.4) is 0 Å². The molecule has 0 spiro atoms. The van der Waals surface area contributed by atoms with Crippen LogP contribution in [0.4, 0.5) is 0 Å². The second-order valence-electron chi connectivity index (χ2n) is 5.56. The maximum atomic E-state index is 12.5. The van der Waals surface area contributed by atoms with Gasteiger partial charge in [0.2, 0.25) is 0 Å². The largest absolute Gasteiger partial charge is 0.497 e. The molecule has 0 aliphatic carbocycles. The maximum Gasteiger partial charge on any atom is 0.252 e. The number of rotatable bonds is 3. The van der Waals surface area contributed by atoms with Crippen LogP contribution in [0.2, 0.25) is 0 Å². The van der Waals surface area contributed by atoms with Crippen LogP contribution in [0, 0.1) is 5.92 Å². The zero-order valence-corrected chi connectivity index (χ0v) is 13.1. The van der Waals surface area contributed by atoms with Crippen molar-refractivity contribution in [3.05, 3.63) is 28.2 Å². The average Bonchev–Trinajstić information content (AvgIpc) is 2.49. The molecule has 0 radical (unpaired) electrons. The molecule has 4 nitrogen and oxygen atoms in total. The fourth-order valence-corrected chi connectivity index (χ4v) is 3.61. The van der Waals surface area contributed by atoms with Crippen molar-refractivity contribution in [3.63, 3.8) is 0 Å². The number of carbonyl (C=O) groups is 1. The Balaban J connectivity index is 1.73. The van der Waals surface area contributed by atoms with Crippen LogP contribution in [-0.2, 0) is 0 Å². The second kappa shape index (κ2) is 5.74. The zero-order valence-electron chi connectivity index (χ0n) is 11.6. The summed E-state index contributed by atoms with van der Waals surface area (Å²) in [6, 6.07) is 5.75. The average molecular weight is 339 g/mol. The molecule has 1 amide bonds. The van der Waals surface area contributed by atoms with E-state index in [0.29, 0.717) is 17.2 Å². The maximum absolute atomic E-state index is 12.5. The molecule has 1 aromatic rings. The van der Waals surface area contributed by atoms with Crippen LogP contribution in [0.15, 0.2) is 22.7 Å². The normalized spacial score (nSPS) is 28.2. The van der Waals surface area contributed by atoms with Gasteiger partial charge in [-0.1, -0.05) is 0 Å². The fraction of sp³-hybridized carbons (Fsp3) is 0.533. The number of carbonyl (C=O) groups excluding carboxylic acids is 1. The van der Waals surface area contributed by atoms with Gasteiger partial charge in [-0.25, -0.2) is 0 Å². The standard InChI is InChI=1S/C15H19BrN2O2/c1-20-11-2-3-13(16)12(8-11)15(19)17-14-9-18-6-4-10(14)5-7-18/h2-3,8,10,14H,4-7,9H2,1H3,(H,17,19). The molecule has 0 saturated carbocycles. The highest BCUT2D eigenvalue weighted by Crippen LogP contribution is 2.28. The van der Waals surface area contributed by atoms with E-state index in [4.69, 9.17) is 4.74 Å². The van der Waals surface area contributed by atoms with Gasteiger partial charge in [0.05, 0.1) is 12.7 Å². The minimum absolute atomic E-state index is 0.0190. The van der Waals surface area contributed by atoms with Gasteiger partial charge in [0, 0.05) is 17.1 Å². The van der Waals surface area contributed by atoms with Gasteiger partial charge < -0.3 is 15.0 Å². The second-order valence-corrected chi connectivity index (χ2v) is 6.42. The third-order valence-electron chi connectivity index (χ3n) is 4.39. The van der Waals surface area contributed by atoms with E-state index in [-0.39, 0.29) is 11.9 Å². The van der Waals surface area contributed by atoms with Gasteiger partial charge >= 0.3 is 0 Å². The number of halogens is 1. The number of hydrogen-bond acceptors (Lipinski definition) is 3. The van der Waals surface area contributed by atoms with Gasteiger partial charge in [0.15, 0.2) is 0 Å². The van der Waals surface area contributed by atoms with Crippen LogP contribution in [0.1, 0.15) is 23.2 Å². The van der Waals surface area contributed by atoms with E-state index in [1.807, 2.05) is 12.1 Å². The van der Waals surface area contributed by atoms with Gasteiger partial charge in [-0.2, -0.15) is 0 Å². The molecule has 1 aromatic carbocycles. The van der Waals surface area contributed by atoms with Crippen molar-refractivity contribution in [2.24, 2.45) is 5.92 Å². The quantitative estimate of drug-likeness (QED) is 0.919. The molecule has 2 bridgehead atoms. The van der Waals surface area contributed by atoms with Gasteiger partial charge in [-0.3, -0.25) is 4.79 Å². The predicted octanol–water partition coefficient (Wildman–Crippen LogP) is 2.28. The van der Waals surface area contributed by atoms with Gasteiger partial charge in [-0.05, 0) is 66.0 Å². The van der Waals surface area contributed by atoms with Crippen LogP contribution >= 0.6 is 15.9 Å². The lowest BCUT2D eigenvalue weighted by atomic mass is 9.84. The topological polar surface area (TPSA) is 41.6 Å². The van der Waals surface area contributed by atoms with Crippen molar-refractivity contribution < 1.29 is 9.53 Å². The Kier molecular flexibility index (Phi) is 3.98. The van der Waals surface area contributed by atoms with E-state index < -0.39 is 0 Å². The fourth-order valence-electron chi connectivity index (χ4n) is 3.18. The highest BCUT2D eigenvalue weighted by molar-refractivity contribution is 9.10. The van der Waals surface area contributed by atoms with Crippen molar-refractivity contribution in [1.82, 2.24) is 10.2 Å². The molecular weight excluding hydrogens is 320 g/mol. The molecule has 108 valence electrons. The number of methoxy groups -OCH3 is 1. The van der Waals surface area contributed by atoms with E-state index in [1.54, 1.807) is 13.2 Å². The molecule has 1 unspecified atom stereocenters. The molecular formula is C15H19BrN2O2. The summed E-state index contributed by atoms with van der Waals surface area (Å²) in [6.45, 7) is 3.35. The van der Waals surface area contributed by atoms with Crippen molar-refractivity contribution >= 4 is 21.8 Å². The number of ether oxygens (including phenoxy) is 1. The molecule has 3 aliphatic heterocycles. The molecule has 3 saturated heterocycles. The SMILES string of the molecule is COc1ccc(Br)c(C(=O)NC2CN3CCC2CC3)c1. The summed E-state index contributed by atoms with van der Waals surface area (Å²) < 4.78 is 5.99. The highest BCUT2D eigenvalue weighted by Gasteiger charge is 2.35. The van der Waals surface area contributed by atoms with Crippen molar-refractivity contribution in [1.29, 1.82) is 0 Å². The molecule has 4 rings (SSSR count). The number of nitrogens with one attached hydrogen (secondary N) is 1. The first-order valence-electron chi connectivity index (χ1n) is 7.04. The van der Waals surface area contributed by atoms with Crippen LogP contribution < -0.4 is 10.1 Å². The number of hydrogen-bond donors (Lipinski definition) is 1. The lowest BCUT2D eigenvalue weighted by molar-refractivity contribution is 0.0620. The Hall–Kier alpha value is -1.07. The number of nitrogens with zero attached hydrogens (tertiary/aromatic N) is 1. The number of benzene rings is 1. The van der Waals surface area contributed by atoms with Crippen LogP contribution in [-0.4, -0.2) is 43.6 Å². The first kappa shape index (κ1) is 13.9. The minimum atomic E-state index is -0.0190. The Morgan fingerprint density at radius 3 is 2.75 bits per heavy atom. The number of amides is 1. The third kappa shape index (κ3) is 2.69. The minimum Gasteiger partial charge on any atom is -0.497 e. The molecule has 1 atom stereocenters. The van der Waals surface area contributed by atoms with Crippen LogP contribution in [0.5, 0.6) is 5.75 Å². The van der Waals surface area contributed by atoms with E-state index in [2.05, 4.69) is 26.1 Å². The molecule has 3 heterocycles. The lowest BCUT2D eigenvalue weighted by Crippen LogP contribution is -2.57. The van der Waals surface area contributed by atoms with Gasteiger partial charge in [0.25, 0.3) is 5.91 Å². The van der Waals surface area contributed by atoms with E-state index in [9.17, 15) is 4.79 Å². The van der Waals surface area contributed by atoms with Crippen LogP contribution in [0.25, 0.3) is 0 Å². The Bertz CT molecular complexity index is 513. The Labute approximate surface area is 127 Å². The molecule has 3 fully saturated rings. The number of fused-ring (bicyclic) bond motifs is 3. The smallest absolute Gasteiger partial charge is 0.252 e. The van der Waals surface area contributed by atoms with E-state index in [1.165, 1.54) is 25.9 Å². The first-order chi connectivity index (χ1) is 9.67. The van der Waals surface area contributed by atoms with E-state index in [0.717, 1.165) is 11.0 Å². The van der Waals surface area contributed by atoms with Gasteiger partial charge in [0.1, 0.15) is 5.75 Å². The predicted molar refractivity (Wildman–Crippen MR) is 81.1 cm³/mol. The summed E-state index contributed by atoms with van der Waals surface area (Å²) >= 11 is 3.44. The molecule has 0 aromatic heterocycles. The molecule has 1 N–H and O–H groups in total. The molecule has 3 aliphatic rings. The Morgan fingerprint density at radius 2 is 2.15 bits per heavy atom. The highest BCUT2D eigenvalue weighted by atomic mass is 79.9. The van der Waals surface area contributed by atoms with Crippen molar-refractivity contribution in [3.8, 4) is 5.75 Å².